The number of anilines is 1. The lowest BCUT2D eigenvalue weighted by Gasteiger charge is -2.37. The Morgan fingerprint density at radius 3 is 2.38 bits per heavy atom. The predicted molar refractivity (Wildman–Crippen MR) is 178 cm³/mol. The number of nitrogens with one attached hydrogen (secondary N) is 3. The van der Waals surface area contributed by atoms with Crippen LogP contribution in [0, 0.1) is 23.7 Å². The average molecular weight is 655 g/mol. The van der Waals surface area contributed by atoms with E-state index >= 15 is 0 Å². The van der Waals surface area contributed by atoms with Gasteiger partial charge in [-0.2, -0.15) is 0 Å². The fraction of sp³-hybridized carbons (Fsp3) is 0.667. The van der Waals surface area contributed by atoms with E-state index in [9.17, 15) is 23.6 Å². The van der Waals surface area contributed by atoms with Crippen LogP contribution in [-0.4, -0.2) is 71.3 Å². The number of aromatic nitrogens is 1. The Balaban J connectivity index is 1.27. The number of halogens is 1. The van der Waals surface area contributed by atoms with Gasteiger partial charge in [-0.15, -0.1) is 0 Å². The van der Waals surface area contributed by atoms with Crippen molar-refractivity contribution in [1.29, 1.82) is 0 Å². The molecule has 0 radical (unpaired) electrons. The summed E-state index contributed by atoms with van der Waals surface area (Å²) in [6, 6.07) is 5.95. The van der Waals surface area contributed by atoms with E-state index in [1.54, 1.807) is 39.8 Å². The van der Waals surface area contributed by atoms with Crippen LogP contribution in [0.25, 0.3) is 10.9 Å². The maximum absolute atomic E-state index is 14.1. The highest BCUT2D eigenvalue weighted by molar-refractivity contribution is 6.01. The third kappa shape index (κ3) is 8.46. The fourth-order valence-corrected chi connectivity index (χ4v) is 7.95. The van der Waals surface area contributed by atoms with E-state index in [0.29, 0.717) is 49.5 Å². The second kappa shape index (κ2) is 15.1. The number of H-pyrrole nitrogens is 1. The third-order valence-corrected chi connectivity index (χ3v) is 10.2. The van der Waals surface area contributed by atoms with E-state index in [1.165, 1.54) is 6.42 Å². The predicted octanol–water partition coefficient (Wildman–Crippen LogP) is 6.75. The zero-order valence-electron chi connectivity index (χ0n) is 28.2. The second-order valence-electron chi connectivity index (χ2n) is 14.5. The minimum Gasteiger partial charge on any atom is -0.461 e. The Hall–Kier alpha value is -3.63. The van der Waals surface area contributed by atoms with Gasteiger partial charge in [0.1, 0.15) is 24.0 Å². The summed E-state index contributed by atoms with van der Waals surface area (Å²) in [7, 11) is 0. The van der Waals surface area contributed by atoms with Crippen molar-refractivity contribution in [2.24, 2.45) is 23.7 Å². The van der Waals surface area contributed by atoms with Gasteiger partial charge in [-0.05, 0) is 102 Å². The molecule has 0 unspecified atom stereocenters. The first-order valence-corrected chi connectivity index (χ1v) is 17.4. The Morgan fingerprint density at radius 1 is 1.00 bits per heavy atom. The zero-order valence-corrected chi connectivity index (χ0v) is 28.2. The van der Waals surface area contributed by atoms with Crippen molar-refractivity contribution in [2.45, 2.75) is 110 Å². The molecule has 3 N–H and O–H groups in total. The molecule has 47 heavy (non-hydrogen) atoms. The van der Waals surface area contributed by atoms with Crippen LogP contribution >= 0.6 is 0 Å². The number of fused-ring (bicyclic) bond motifs is 1. The summed E-state index contributed by atoms with van der Waals surface area (Å²) in [6.07, 6.45) is 8.21. The van der Waals surface area contributed by atoms with Gasteiger partial charge in [-0.25, -0.2) is 14.0 Å². The molecule has 1 aromatic heterocycles. The molecule has 0 spiro atoms. The number of amides is 3. The summed E-state index contributed by atoms with van der Waals surface area (Å²) in [5, 5.41) is 6.57. The van der Waals surface area contributed by atoms with Gasteiger partial charge in [0.2, 0.25) is 11.8 Å². The van der Waals surface area contributed by atoms with Gasteiger partial charge in [-0.1, -0.05) is 32.1 Å². The lowest BCUT2D eigenvalue weighted by atomic mass is 9.76. The molecule has 2 aliphatic carbocycles. The number of likely N-dealkylation sites (tertiary alicyclic amines) is 1. The number of nitrogens with zero attached hydrogens (tertiary/aromatic N) is 1. The molecule has 2 aromatic rings. The normalized spacial score (nSPS) is 24.5. The maximum Gasteiger partial charge on any atom is 0.407 e. The van der Waals surface area contributed by atoms with Crippen molar-refractivity contribution < 1.29 is 33.0 Å². The molecule has 11 heteroatoms. The number of aromatic amines is 1. The van der Waals surface area contributed by atoms with Crippen LogP contribution in [-0.2, 0) is 19.1 Å². The monoisotopic (exact) mass is 654 g/mol. The Kier molecular flexibility index (Phi) is 11.1. The molecule has 0 bridgehead atoms. The number of esters is 1. The van der Waals surface area contributed by atoms with Crippen molar-refractivity contribution >= 4 is 40.5 Å². The van der Waals surface area contributed by atoms with Crippen molar-refractivity contribution in [1.82, 2.24) is 15.2 Å². The average Bonchev–Trinajstić information content (AvgIpc) is 3.68. The van der Waals surface area contributed by atoms with Crippen LogP contribution in [0.5, 0.6) is 0 Å². The van der Waals surface area contributed by atoms with E-state index in [4.69, 9.17) is 9.47 Å². The maximum atomic E-state index is 14.1. The fourth-order valence-electron chi connectivity index (χ4n) is 7.95. The SMILES string of the molecule is CCOC(=O)c1cc2cc(NC(=O)[C@@H]3[C@H](C4CCCCC4)CCN3C(=O)[C@H]3CC[C@H]([C@@H](CF)NC(=O)OC(C)(C)C)CC3)ccc2[nH]1. The van der Waals surface area contributed by atoms with Gasteiger partial charge >= 0.3 is 12.1 Å². The highest BCUT2D eigenvalue weighted by Crippen LogP contribution is 2.41. The number of ether oxygens (including phenoxy) is 2. The minimum atomic E-state index is -0.696. The van der Waals surface area contributed by atoms with E-state index in [2.05, 4.69) is 15.6 Å². The number of carbonyl (C=O) groups is 4. The van der Waals surface area contributed by atoms with Crippen LogP contribution in [0.15, 0.2) is 24.3 Å². The molecule has 3 aliphatic rings. The van der Waals surface area contributed by atoms with Crippen molar-refractivity contribution in [3.05, 3.63) is 30.0 Å². The summed E-state index contributed by atoms with van der Waals surface area (Å²) in [4.78, 5) is 57.6. The summed E-state index contributed by atoms with van der Waals surface area (Å²) < 4.78 is 24.5. The topological polar surface area (TPSA) is 130 Å². The smallest absolute Gasteiger partial charge is 0.407 e. The van der Waals surface area contributed by atoms with Crippen LogP contribution in [0.1, 0.15) is 102 Å². The summed E-state index contributed by atoms with van der Waals surface area (Å²) in [5.41, 5.74) is 1.04. The molecule has 5 rings (SSSR count). The molecule has 258 valence electrons. The molecule has 2 heterocycles. The quantitative estimate of drug-likeness (QED) is 0.257. The van der Waals surface area contributed by atoms with Crippen LogP contribution in [0.2, 0.25) is 0 Å². The van der Waals surface area contributed by atoms with E-state index in [0.717, 1.165) is 43.0 Å². The van der Waals surface area contributed by atoms with Gasteiger partial charge in [-0.3, -0.25) is 9.59 Å². The largest absolute Gasteiger partial charge is 0.461 e. The Labute approximate surface area is 276 Å². The zero-order chi connectivity index (χ0) is 33.7. The van der Waals surface area contributed by atoms with Gasteiger partial charge in [0.15, 0.2) is 0 Å². The molecule has 10 nitrogen and oxygen atoms in total. The summed E-state index contributed by atoms with van der Waals surface area (Å²) in [6.45, 7) is 7.18. The molecule has 3 fully saturated rings. The highest BCUT2D eigenvalue weighted by Gasteiger charge is 2.47. The minimum absolute atomic E-state index is 0.000950. The molecule has 1 saturated heterocycles. The van der Waals surface area contributed by atoms with Crippen LogP contribution in [0.4, 0.5) is 14.9 Å². The molecule has 2 saturated carbocycles. The first-order chi connectivity index (χ1) is 22.5. The first-order valence-electron chi connectivity index (χ1n) is 17.4. The molecule has 3 amide bonds. The summed E-state index contributed by atoms with van der Waals surface area (Å²) in [5.74, 6) is -0.452. The standard InChI is InChI=1S/C36H51FN4O6/c1-5-46-34(44)29-20-25-19-26(15-16-28(25)39-29)38-32(42)31-27(22-9-7-6-8-10-22)17-18-41(31)33(43)24-13-11-23(12-14-24)30(21-37)40-35(45)47-36(2,3)4/h15-16,19-20,22-24,27,30-31,39H,5-14,17-18,21H2,1-4H3,(H,38,42)(H,40,45)/t23-,24-,27-,30+,31-/m0/s1. The van der Waals surface area contributed by atoms with E-state index in [-0.39, 0.29) is 36.2 Å². The molecule has 1 aromatic carbocycles. The number of carbonyl (C=O) groups excluding carboxylic acids is 4. The molecule has 3 atom stereocenters. The Morgan fingerprint density at radius 2 is 1.72 bits per heavy atom. The van der Waals surface area contributed by atoms with Crippen LogP contribution in [0.3, 0.4) is 0 Å². The van der Waals surface area contributed by atoms with Crippen LogP contribution < -0.4 is 10.6 Å². The molecular formula is C36H51FN4O6. The highest BCUT2D eigenvalue weighted by atomic mass is 19.1. The van der Waals surface area contributed by atoms with E-state index in [1.807, 2.05) is 17.0 Å². The molecular weight excluding hydrogens is 603 g/mol. The number of benzene rings is 1. The number of hydrogen-bond donors (Lipinski definition) is 3. The third-order valence-electron chi connectivity index (χ3n) is 10.2. The number of rotatable bonds is 9. The van der Waals surface area contributed by atoms with Crippen molar-refractivity contribution in [2.75, 3.05) is 25.1 Å². The van der Waals surface area contributed by atoms with Crippen molar-refractivity contribution in [3.8, 4) is 0 Å². The lowest BCUT2D eigenvalue weighted by Crippen LogP contribution is -2.50. The van der Waals surface area contributed by atoms with Gasteiger partial charge < -0.3 is 30.0 Å². The number of alkyl carbamates (subject to hydrolysis) is 1. The number of alkyl halides is 1. The lowest BCUT2D eigenvalue weighted by molar-refractivity contribution is -0.142. The van der Waals surface area contributed by atoms with Gasteiger partial charge in [0.25, 0.3) is 0 Å². The Bertz CT molecular complexity index is 1420. The summed E-state index contributed by atoms with van der Waals surface area (Å²) >= 11 is 0. The number of hydrogen-bond acceptors (Lipinski definition) is 6. The van der Waals surface area contributed by atoms with Crippen molar-refractivity contribution in [3.63, 3.8) is 0 Å². The first kappa shape index (κ1) is 34.7. The van der Waals surface area contributed by atoms with Gasteiger partial charge in [0.05, 0.1) is 12.6 Å². The van der Waals surface area contributed by atoms with Gasteiger partial charge in [0, 0.05) is 29.1 Å². The molecule has 1 aliphatic heterocycles. The second-order valence-corrected chi connectivity index (χ2v) is 14.5. The van der Waals surface area contributed by atoms with E-state index < -0.39 is 36.4 Å².